The molecule has 0 spiro atoms. The van der Waals surface area contributed by atoms with Crippen LogP contribution in [0.5, 0.6) is 0 Å². The van der Waals surface area contributed by atoms with Gasteiger partial charge >= 0.3 is 0 Å². The second kappa shape index (κ2) is 3.97. The van der Waals surface area contributed by atoms with Crippen LogP contribution in [0.25, 0.3) is 16.7 Å². The number of hydrogen-bond acceptors (Lipinski definition) is 3. The summed E-state index contributed by atoms with van der Waals surface area (Å²) in [5.74, 6) is 1.15. The second-order valence-corrected chi connectivity index (χ2v) is 5.27. The minimum atomic E-state index is 0.672. The summed E-state index contributed by atoms with van der Waals surface area (Å²) in [4.78, 5) is 7.00. The summed E-state index contributed by atoms with van der Waals surface area (Å²) < 4.78 is 2.13. The number of imidazole rings is 1. The first-order valence-electron chi connectivity index (χ1n) is 6.85. The van der Waals surface area contributed by atoms with E-state index in [0.29, 0.717) is 5.56 Å². The van der Waals surface area contributed by atoms with E-state index in [0.717, 1.165) is 41.2 Å². The summed E-state index contributed by atoms with van der Waals surface area (Å²) in [7, 11) is 0. The number of hydrogen-bond donors (Lipinski definition) is 0. The Balaban J connectivity index is 2.19. The summed E-state index contributed by atoms with van der Waals surface area (Å²) in [6, 6.07) is 12.5. The average Bonchev–Trinajstić information content (AvgIpc) is 2.76. The van der Waals surface area contributed by atoms with Crippen LogP contribution in [0.4, 0.5) is 5.82 Å². The fourth-order valence-corrected chi connectivity index (χ4v) is 2.85. The molecular formula is C16H14N4. The number of nitrogens with zero attached hydrogens (tertiary/aromatic N) is 4. The van der Waals surface area contributed by atoms with Crippen LogP contribution in [0.15, 0.2) is 30.3 Å². The predicted octanol–water partition coefficient (Wildman–Crippen LogP) is 2.88. The molecule has 3 aromatic rings. The third kappa shape index (κ3) is 1.38. The summed E-state index contributed by atoms with van der Waals surface area (Å²) in [6.07, 6.45) is 1.23. The van der Waals surface area contributed by atoms with Gasteiger partial charge in [0.25, 0.3) is 0 Å². The summed E-state index contributed by atoms with van der Waals surface area (Å²) in [6.45, 7) is 4.14. The van der Waals surface area contributed by atoms with Crippen molar-refractivity contribution in [2.75, 3.05) is 18.0 Å². The highest BCUT2D eigenvalue weighted by Crippen LogP contribution is 2.30. The van der Waals surface area contributed by atoms with E-state index in [1.165, 1.54) is 6.42 Å². The molecule has 1 aliphatic heterocycles. The first kappa shape index (κ1) is 11.3. The number of pyridine rings is 1. The Bertz CT molecular complexity index is 865. The van der Waals surface area contributed by atoms with E-state index in [2.05, 4.69) is 32.5 Å². The Morgan fingerprint density at radius 2 is 2.05 bits per heavy atom. The highest BCUT2D eigenvalue weighted by atomic mass is 15.3. The number of anilines is 1. The number of para-hydroxylation sites is 2. The Labute approximate surface area is 116 Å². The lowest BCUT2D eigenvalue weighted by Crippen LogP contribution is -2.38. The van der Waals surface area contributed by atoms with Crippen LogP contribution in [0.1, 0.15) is 17.5 Å². The molecule has 4 heteroatoms. The summed E-state index contributed by atoms with van der Waals surface area (Å²) in [5, 5.41) is 9.43. The van der Waals surface area contributed by atoms with Crippen molar-refractivity contribution in [3.63, 3.8) is 0 Å². The first-order valence-corrected chi connectivity index (χ1v) is 6.85. The van der Waals surface area contributed by atoms with Crippen molar-refractivity contribution in [3.05, 3.63) is 41.5 Å². The van der Waals surface area contributed by atoms with Crippen LogP contribution in [0.2, 0.25) is 0 Å². The average molecular weight is 262 g/mol. The molecule has 4 nitrogen and oxygen atoms in total. The number of rotatable bonds is 1. The van der Waals surface area contributed by atoms with Gasteiger partial charge in [-0.05, 0) is 37.1 Å². The maximum atomic E-state index is 9.43. The number of aryl methyl sites for hydroxylation is 1. The molecule has 0 unspecified atom stereocenters. The van der Waals surface area contributed by atoms with Crippen molar-refractivity contribution < 1.29 is 0 Å². The van der Waals surface area contributed by atoms with Crippen molar-refractivity contribution in [2.45, 2.75) is 13.3 Å². The van der Waals surface area contributed by atoms with Crippen LogP contribution in [-0.2, 0) is 0 Å². The molecule has 0 bridgehead atoms. The zero-order valence-electron chi connectivity index (χ0n) is 11.3. The molecule has 4 rings (SSSR count). The molecule has 3 heterocycles. The van der Waals surface area contributed by atoms with Crippen molar-refractivity contribution >= 4 is 22.5 Å². The Morgan fingerprint density at radius 1 is 1.25 bits per heavy atom. The minimum absolute atomic E-state index is 0.672. The van der Waals surface area contributed by atoms with Crippen molar-refractivity contribution in [2.24, 2.45) is 0 Å². The van der Waals surface area contributed by atoms with Gasteiger partial charge in [0, 0.05) is 13.1 Å². The molecule has 0 radical (unpaired) electrons. The molecule has 0 amide bonds. The van der Waals surface area contributed by atoms with Gasteiger partial charge in [0.1, 0.15) is 11.9 Å². The Morgan fingerprint density at radius 3 is 2.75 bits per heavy atom. The summed E-state index contributed by atoms with van der Waals surface area (Å²) >= 11 is 0. The van der Waals surface area contributed by atoms with Gasteiger partial charge in [-0.15, -0.1) is 0 Å². The third-order valence-corrected chi connectivity index (χ3v) is 4.05. The van der Waals surface area contributed by atoms with Gasteiger partial charge in [-0.25, -0.2) is 4.98 Å². The normalized spacial score (nSPS) is 14.5. The molecule has 2 aromatic heterocycles. The first-order chi connectivity index (χ1) is 9.79. The maximum Gasteiger partial charge on any atom is 0.157 e. The maximum absolute atomic E-state index is 9.43. The van der Waals surface area contributed by atoms with E-state index in [-0.39, 0.29) is 0 Å². The minimum Gasteiger partial charge on any atom is -0.358 e. The van der Waals surface area contributed by atoms with Gasteiger partial charge in [0.2, 0.25) is 0 Å². The fourth-order valence-electron chi connectivity index (χ4n) is 2.85. The molecule has 98 valence electrons. The molecule has 1 aliphatic rings. The number of nitriles is 1. The molecule has 20 heavy (non-hydrogen) atoms. The molecule has 1 aromatic carbocycles. The molecule has 0 saturated carbocycles. The third-order valence-electron chi connectivity index (χ3n) is 4.05. The van der Waals surface area contributed by atoms with Crippen LogP contribution in [-0.4, -0.2) is 22.5 Å². The van der Waals surface area contributed by atoms with Gasteiger partial charge in [-0.3, -0.25) is 4.40 Å². The molecule has 1 fully saturated rings. The standard InChI is InChI=1S/C16H14N4/c1-11-9-15(19-7-4-8-19)20-14-6-3-2-5-13(14)18-16(20)12(11)10-17/h2-3,5-6,9H,4,7-8H2,1H3. The van der Waals surface area contributed by atoms with E-state index < -0.39 is 0 Å². The van der Waals surface area contributed by atoms with Crippen molar-refractivity contribution in [3.8, 4) is 6.07 Å². The lowest BCUT2D eigenvalue weighted by molar-refractivity contribution is 0.607. The van der Waals surface area contributed by atoms with Crippen molar-refractivity contribution in [1.29, 1.82) is 5.26 Å². The SMILES string of the molecule is Cc1cc(N2CCC2)n2c(nc3ccccc32)c1C#N. The van der Waals surface area contributed by atoms with E-state index in [9.17, 15) is 5.26 Å². The van der Waals surface area contributed by atoms with Gasteiger partial charge < -0.3 is 4.90 Å². The van der Waals surface area contributed by atoms with Crippen LogP contribution in [0.3, 0.4) is 0 Å². The van der Waals surface area contributed by atoms with Crippen molar-refractivity contribution in [1.82, 2.24) is 9.38 Å². The zero-order valence-corrected chi connectivity index (χ0v) is 11.3. The quantitative estimate of drug-likeness (QED) is 0.677. The molecule has 0 aliphatic carbocycles. The molecule has 0 atom stereocenters. The Hall–Kier alpha value is -2.54. The van der Waals surface area contributed by atoms with Crippen LogP contribution in [0, 0.1) is 18.3 Å². The van der Waals surface area contributed by atoms with Gasteiger partial charge in [0.05, 0.1) is 16.6 Å². The topological polar surface area (TPSA) is 44.3 Å². The number of benzene rings is 1. The highest BCUT2D eigenvalue weighted by molar-refractivity contribution is 5.85. The monoisotopic (exact) mass is 262 g/mol. The predicted molar refractivity (Wildman–Crippen MR) is 79.0 cm³/mol. The van der Waals surface area contributed by atoms with Gasteiger partial charge in [-0.1, -0.05) is 12.1 Å². The summed E-state index contributed by atoms with van der Waals surface area (Å²) in [5.41, 5.74) is 4.45. The van der Waals surface area contributed by atoms with Gasteiger partial charge in [0.15, 0.2) is 5.65 Å². The number of fused-ring (bicyclic) bond motifs is 3. The number of aromatic nitrogens is 2. The van der Waals surface area contributed by atoms with Crippen LogP contribution < -0.4 is 4.90 Å². The zero-order chi connectivity index (χ0) is 13.7. The molecule has 0 N–H and O–H groups in total. The second-order valence-electron chi connectivity index (χ2n) is 5.27. The molecule has 1 saturated heterocycles. The lowest BCUT2D eigenvalue weighted by atomic mass is 10.1. The van der Waals surface area contributed by atoms with E-state index in [4.69, 9.17) is 0 Å². The lowest BCUT2D eigenvalue weighted by Gasteiger charge is -2.34. The Kier molecular flexibility index (Phi) is 2.25. The van der Waals surface area contributed by atoms with Crippen LogP contribution >= 0.6 is 0 Å². The van der Waals surface area contributed by atoms with Gasteiger partial charge in [-0.2, -0.15) is 5.26 Å². The van der Waals surface area contributed by atoms with E-state index >= 15 is 0 Å². The smallest absolute Gasteiger partial charge is 0.157 e. The van der Waals surface area contributed by atoms with E-state index in [1.54, 1.807) is 0 Å². The molecular weight excluding hydrogens is 248 g/mol. The largest absolute Gasteiger partial charge is 0.358 e. The van der Waals surface area contributed by atoms with E-state index in [1.807, 2.05) is 25.1 Å². The highest BCUT2D eigenvalue weighted by Gasteiger charge is 2.21. The fraction of sp³-hybridized carbons (Fsp3) is 0.250.